The van der Waals surface area contributed by atoms with Crippen LogP contribution in [0.15, 0.2) is 36.7 Å². The van der Waals surface area contributed by atoms with E-state index in [-0.39, 0.29) is 0 Å². The van der Waals surface area contributed by atoms with Crippen LogP contribution >= 0.6 is 11.3 Å². The Bertz CT molecular complexity index is 492. The molecule has 0 spiro atoms. The summed E-state index contributed by atoms with van der Waals surface area (Å²) in [6, 6.07) is 9.47. The lowest BCUT2D eigenvalue weighted by molar-refractivity contribution is 0.460. The Balaban J connectivity index is 2.06. The Morgan fingerprint density at radius 3 is 2.47 bits per heavy atom. The Morgan fingerprint density at radius 2 is 1.89 bits per heavy atom. The SMILES string of the molecule is CCc1ccc([C@@H](C)N[C@@H](CC)c2ccncc2)s1. The molecule has 2 atom stereocenters. The van der Waals surface area contributed by atoms with Gasteiger partial charge in [0.1, 0.15) is 0 Å². The average molecular weight is 274 g/mol. The van der Waals surface area contributed by atoms with Crippen molar-refractivity contribution >= 4 is 11.3 Å². The first-order chi connectivity index (χ1) is 9.24. The monoisotopic (exact) mass is 274 g/mol. The second kappa shape index (κ2) is 6.83. The van der Waals surface area contributed by atoms with Gasteiger partial charge in [-0.15, -0.1) is 11.3 Å². The van der Waals surface area contributed by atoms with E-state index in [1.54, 1.807) is 0 Å². The topological polar surface area (TPSA) is 24.9 Å². The fourth-order valence-electron chi connectivity index (χ4n) is 2.25. The highest BCUT2D eigenvalue weighted by Gasteiger charge is 2.14. The molecule has 0 aliphatic rings. The quantitative estimate of drug-likeness (QED) is 0.838. The molecule has 1 N–H and O–H groups in total. The van der Waals surface area contributed by atoms with E-state index < -0.39 is 0 Å². The minimum atomic E-state index is 0.392. The van der Waals surface area contributed by atoms with Crippen LogP contribution in [0.25, 0.3) is 0 Å². The van der Waals surface area contributed by atoms with Gasteiger partial charge in [-0.2, -0.15) is 0 Å². The molecule has 2 aromatic rings. The maximum atomic E-state index is 4.09. The fourth-order valence-corrected chi connectivity index (χ4v) is 3.21. The van der Waals surface area contributed by atoms with Crippen LogP contribution in [0.4, 0.5) is 0 Å². The van der Waals surface area contributed by atoms with Gasteiger partial charge in [0.15, 0.2) is 0 Å². The number of aryl methyl sites for hydroxylation is 1. The van der Waals surface area contributed by atoms with E-state index in [1.807, 2.05) is 23.7 Å². The summed E-state index contributed by atoms with van der Waals surface area (Å²) >= 11 is 1.91. The molecule has 0 aromatic carbocycles. The van der Waals surface area contributed by atoms with Gasteiger partial charge in [0.25, 0.3) is 0 Å². The van der Waals surface area contributed by atoms with Crippen LogP contribution in [0.1, 0.15) is 54.6 Å². The van der Waals surface area contributed by atoms with Gasteiger partial charge < -0.3 is 5.32 Å². The lowest BCUT2D eigenvalue weighted by Gasteiger charge is -2.22. The number of nitrogens with one attached hydrogen (secondary N) is 1. The largest absolute Gasteiger partial charge is 0.303 e. The van der Waals surface area contributed by atoms with Crippen molar-refractivity contribution in [3.8, 4) is 0 Å². The smallest absolute Gasteiger partial charge is 0.0391 e. The van der Waals surface area contributed by atoms with Gasteiger partial charge in [-0.25, -0.2) is 0 Å². The number of aromatic nitrogens is 1. The molecule has 0 radical (unpaired) electrons. The molecular formula is C16H22N2S. The summed E-state index contributed by atoms with van der Waals surface area (Å²) in [5.41, 5.74) is 1.32. The van der Waals surface area contributed by atoms with Gasteiger partial charge in [0, 0.05) is 34.2 Å². The van der Waals surface area contributed by atoms with Gasteiger partial charge in [-0.1, -0.05) is 13.8 Å². The van der Waals surface area contributed by atoms with Crippen LogP contribution < -0.4 is 5.32 Å². The predicted octanol–water partition coefficient (Wildman–Crippen LogP) is 4.51. The molecule has 2 rings (SSSR count). The molecule has 0 aliphatic heterocycles. The van der Waals surface area contributed by atoms with Crippen molar-refractivity contribution < 1.29 is 0 Å². The highest BCUT2D eigenvalue weighted by atomic mass is 32.1. The van der Waals surface area contributed by atoms with E-state index in [0.717, 1.165) is 12.8 Å². The zero-order valence-corrected chi connectivity index (χ0v) is 12.7. The van der Waals surface area contributed by atoms with Gasteiger partial charge in [0.2, 0.25) is 0 Å². The lowest BCUT2D eigenvalue weighted by atomic mass is 10.0. The van der Waals surface area contributed by atoms with Gasteiger partial charge in [-0.3, -0.25) is 4.98 Å². The van der Waals surface area contributed by atoms with Crippen LogP contribution in [0.5, 0.6) is 0 Å². The van der Waals surface area contributed by atoms with Crippen molar-refractivity contribution in [2.24, 2.45) is 0 Å². The Kier molecular flexibility index (Phi) is 5.11. The number of pyridine rings is 1. The molecule has 2 nitrogen and oxygen atoms in total. The standard InChI is InChI=1S/C16H22N2S/c1-4-14-6-7-16(19-14)12(3)18-15(5-2)13-8-10-17-11-9-13/h6-12,15,18H,4-5H2,1-3H3/t12-,15+/m1/s1. The molecule has 0 amide bonds. The van der Waals surface area contributed by atoms with Crippen LogP contribution in [-0.2, 0) is 6.42 Å². The first-order valence-electron chi connectivity index (χ1n) is 6.99. The summed E-state index contributed by atoms with van der Waals surface area (Å²) in [7, 11) is 0. The molecule has 0 aliphatic carbocycles. The number of rotatable bonds is 6. The molecule has 2 aromatic heterocycles. The van der Waals surface area contributed by atoms with E-state index in [1.165, 1.54) is 15.3 Å². The maximum absolute atomic E-state index is 4.09. The van der Waals surface area contributed by atoms with E-state index >= 15 is 0 Å². The van der Waals surface area contributed by atoms with E-state index in [2.05, 4.69) is 55.3 Å². The molecule has 0 fully saturated rings. The highest BCUT2D eigenvalue weighted by Crippen LogP contribution is 2.27. The van der Waals surface area contributed by atoms with Gasteiger partial charge in [-0.05, 0) is 49.6 Å². The minimum Gasteiger partial charge on any atom is -0.303 e. The van der Waals surface area contributed by atoms with Crippen LogP contribution in [0.2, 0.25) is 0 Å². The molecule has 19 heavy (non-hydrogen) atoms. The zero-order chi connectivity index (χ0) is 13.7. The number of nitrogens with zero attached hydrogens (tertiary/aromatic N) is 1. The van der Waals surface area contributed by atoms with Crippen LogP contribution in [0.3, 0.4) is 0 Å². The van der Waals surface area contributed by atoms with Crippen molar-refractivity contribution in [1.82, 2.24) is 10.3 Å². The van der Waals surface area contributed by atoms with Crippen LogP contribution in [-0.4, -0.2) is 4.98 Å². The van der Waals surface area contributed by atoms with E-state index in [4.69, 9.17) is 0 Å². The van der Waals surface area contributed by atoms with Crippen LogP contribution in [0, 0.1) is 0 Å². The van der Waals surface area contributed by atoms with Crippen molar-refractivity contribution in [3.05, 3.63) is 52.0 Å². The fraction of sp³-hybridized carbons (Fsp3) is 0.438. The van der Waals surface area contributed by atoms with Gasteiger partial charge in [0.05, 0.1) is 0 Å². The second-order valence-electron chi connectivity index (χ2n) is 4.79. The Hall–Kier alpha value is -1.19. The molecule has 0 saturated carbocycles. The summed E-state index contributed by atoms with van der Waals surface area (Å²) in [6.07, 6.45) is 5.94. The van der Waals surface area contributed by atoms with Crippen molar-refractivity contribution in [2.45, 2.75) is 45.7 Å². The number of hydrogen-bond donors (Lipinski definition) is 1. The van der Waals surface area contributed by atoms with Crippen molar-refractivity contribution in [1.29, 1.82) is 0 Å². The molecule has 2 heterocycles. The summed E-state index contributed by atoms with van der Waals surface area (Å²) < 4.78 is 0. The third-order valence-electron chi connectivity index (χ3n) is 3.43. The van der Waals surface area contributed by atoms with Crippen molar-refractivity contribution in [2.75, 3.05) is 0 Å². The third kappa shape index (κ3) is 3.64. The molecule has 102 valence electrons. The summed E-state index contributed by atoms with van der Waals surface area (Å²) in [4.78, 5) is 6.97. The Morgan fingerprint density at radius 1 is 1.16 bits per heavy atom. The van der Waals surface area contributed by atoms with E-state index in [9.17, 15) is 0 Å². The Labute approximate surface area is 119 Å². The molecular weight excluding hydrogens is 252 g/mol. The first-order valence-corrected chi connectivity index (χ1v) is 7.80. The normalized spacial score (nSPS) is 14.3. The molecule has 0 saturated heterocycles. The predicted molar refractivity (Wildman–Crippen MR) is 82.5 cm³/mol. The second-order valence-corrected chi connectivity index (χ2v) is 5.99. The van der Waals surface area contributed by atoms with Gasteiger partial charge >= 0.3 is 0 Å². The maximum Gasteiger partial charge on any atom is 0.0391 e. The molecule has 0 bridgehead atoms. The number of hydrogen-bond acceptors (Lipinski definition) is 3. The lowest BCUT2D eigenvalue weighted by Crippen LogP contribution is -2.23. The summed E-state index contributed by atoms with van der Waals surface area (Å²) in [5, 5.41) is 3.72. The van der Waals surface area contributed by atoms with E-state index in [0.29, 0.717) is 12.1 Å². The zero-order valence-electron chi connectivity index (χ0n) is 11.9. The first kappa shape index (κ1) is 14.2. The highest BCUT2D eigenvalue weighted by molar-refractivity contribution is 7.12. The summed E-state index contributed by atoms with van der Waals surface area (Å²) in [6.45, 7) is 6.67. The third-order valence-corrected chi connectivity index (χ3v) is 4.84. The number of thiophene rings is 1. The molecule has 3 heteroatoms. The van der Waals surface area contributed by atoms with Crippen molar-refractivity contribution in [3.63, 3.8) is 0 Å². The average Bonchev–Trinajstić information content (AvgIpc) is 2.94. The summed E-state index contributed by atoms with van der Waals surface area (Å²) in [5.74, 6) is 0. The minimum absolute atomic E-state index is 0.392. The molecule has 0 unspecified atom stereocenters.